The minimum Gasteiger partial charge on any atom is -0.497 e. The second kappa shape index (κ2) is 9.07. The first kappa shape index (κ1) is 20.8. The number of amides is 2. The summed E-state index contributed by atoms with van der Waals surface area (Å²) in [6.07, 6.45) is 0. The fourth-order valence-electron chi connectivity index (χ4n) is 2.68. The second-order valence-electron chi connectivity index (χ2n) is 6.38. The van der Waals surface area contributed by atoms with Crippen LogP contribution in [0.2, 0.25) is 5.02 Å². The molecular weight excluding hydrogens is 410 g/mol. The first-order valence-electron chi connectivity index (χ1n) is 8.80. The number of aryl methyl sites for hydroxylation is 1. The highest BCUT2D eigenvalue weighted by molar-refractivity contribution is 7.17. The average molecular weight is 430 g/mol. The molecule has 1 N–H and O–H groups in total. The number of thiazole rings is 1. The van der Waals surface area contributed by atoms with Crippen LogP contribution in [0.4, 0.5) is 5.69 Å². The lowest BCUT2D eigenvalue weighted by molar-refractivity contribution is -0.116. The second-order valence-corrected chi connectivity index (χ2v) is 7.82. The van der Waals surface area contributed by atoms with E-state index in [1.54, 1.807) is 57.5 Å². The number of hydrogen-bond donors (Lipinski definition) is 1. The number of benzene rings is 2. The molecule has 150 valence electrons. The Hall–Kier alpha value is -2.90. The van der Waals surface area contributed by atoms with E-state index in [2.05, 4.69) is 10.3 Å². The van der Waals surface area contributed by atoms with Gasteiger partial charge >= 0.3 is 0 Å². The molecule has 2 aromatic carbocycles. The van der Waals surface area contributed by atoms with Gasteiger partial charge in [-0.3, -0.25) is 9.59 Å². The lowest BCUT2D eigenvalue weighted by Gasteiger charge is -2.16. The Morgan fingerprint density at radius 3 is 2.59 bits per heavy atom. The predicted molar refractivity (Wildman–Crippen MR) is 116 cm³/mol. The number of ether oxygens (including phenoxy) is 1. The standard InChI is InChI=1S/C21H20ClN3O3S/c1-13-19(29-20(23-13)14-5-4-6-15(22)11-14)21(27)25(2)12-18(26)24-16-7-9-17(28-3)10-8-16/h4-11H,12H2,1-3H3,(H,24,26). The summed E-state index contributed by atoms with van der Waals surface area (Å²) in [5.41, 5.74) is 2.11. The van der Waals surface area contributed by atoms with E-state index < -0.39 is 0 Å². The van der Waals surface area contributed by atoms with Crippen molar-refractivity contribution in [3.63, 3.8) is 0 Å². The maximum atomic E-state index is 12.8. The monoisotopic (exact) mass is 429 g/mol. The number of nitrogens with zero attached hydrogens (tertiary/aromatic N) is 2. The summed E-state index contributed by atoms with van der Waals surface area (Å²) >= 11 is 7.33. The van der Waals surface area contributed by atoms with Crippen molar-refractivity contribution in [2.45, 2.75) is 6.92 Å². The minimum atomic E-state index is -0.289. The molecule has 1 heterocycles. The summed E-state index contributed by atoms with van der Waals surface area (Å²) in [7, 11) is 3.17. The molecule has 0 fully saturated rings. The molecular formula is C21H20ClN3O3S. The maximum absolute atomic E-state index is 12.8. The minimum absolute atomic E-state index is 0.0747. The molecule has 2 amide bonds. The third-order valence-electron chi connectivity index (χ3n) is 4.16. The van der Waals surface area contributed by atoms with Gasteiger partial charge in [0.05, 0.1) is 19.3 Å². The molecule has 1 aromatic heterocycles. The predicted octanol–water partition coefficient (Wildman–Crippen LogP) is 4.49. The number of carbonyl (C=O) groups excluding carboxylic acids is 2. The van der Waals surface area contributed by atoms with Gasteiger partial charge in [0, 0.05) is 23.3 Å². The number of likely N-dealkylation sites (N-methyl/N-ethyl adjacent to an activating group) is 1. The highest BCUT2D eigenvalue weighted by Crippen LogP contribution is 2.30. The summed E-state index contributed by atoms with van der Waals surface area (Å²) in [5.74, 6) is 0.160. The Bertz CT molecular complexity index is 1030. The molecule has 0 aliphatic rings. The normalized spacial score (nSPS) is 10.5. The first-order valence-corrected chi connectivity index (χ1v) is 9.99. The number of rotatable bonds is 6. The van der Waals surface area contributed by atoms with Crippen LogP contribution < -0.4 is 10.1 Å². The molecule has 0 saturated carbocycles. The molecule has 0 unspecified atom stereocenters. The van der Waals surface area contributed by atoms with Crippen molar-refractivity contribution in [3.05, 3.63) is 64.1 Å². The van der Waals surface area contributed by atoms with Crippen LogP contribution in [0.25, 0.3) is 10.6 Å². The summed E-state index contributed by atoms with van der Waals surface area (Å²) in [5, 5.41) is 4.09. The summed E-state index contributed by atoms with van der Waals surface area (Å²) < 4.78 is 5.09. The number of methoxy groups -OCH3 is 1. The van der Waals surface area contributed by atoms with E-state index in [9.17, 15) is 9.59 Å². The Morgan fingerprint density at radius 1 is 1.21 bits per heavy atom. The largest absolute Gasteiger partial charge is 0.497 e. The van der Waals surface area contributed by atoms with Gasteiger partial charge < -0.3 is 15.0 Å². The van der Waals surface area contributed by atoms with E-state index in [0.717, 1.165) is 5.56 Å². The molecule has 29 heavy (non-hydrogen) atoms. The van der Waals surface area contributed by atoms with E-state index in [1.807, 2.05) is 12.1 Å². The smallest absolute Gasteiger partial charge is 0.266 e. The van der Waals surface area contributed by atoms with Gasteiger partial charge in [0.2, 0.25) is 5.91 Å². The van der Waals surface area contributed by atoms with E-state index in [-0.39, 0.29) is 18.4 Å². The average Bonchev–Trinajstić information content (AvgIpc) is 3.09. The van der Waals surface area contributed by atoms with Crippen molar-refractivity contribution in [1.82, 2.24) is 9.88 Å². The lowest BCUT2D eigenvalue weighted by Crippen LogP contribution is -2.34. The molecule has 0 aliphatic carbocycles. The molecule has 6 nitrogen and oxygen atoms in total. The van der Waals surface area contributed by atoms with Crippen LogP contribution >= 0.6 is 22.9 Å². The fraction of sp³-hybridized carbons (Fsp3) is 0.190. The van der Waals surface area contributed by atoms with Gasteiger partial charge in [0.15, 0.2) is 0 Å². The number of anilines is 1. The fourth-order valence-corrected chi connectivity index (χ4v) is 3.92. The molecule has 0 bridgehead atoms. The number of aromatic nitrogens is 1. The van der Waals surface area contributed by atoms with Gasteiger partial charge in [-0.05, 0) is 43.3 Å². The van der Waals surface area contributed by atoms with Gasteiger partial charge in [-0.2, -0.15) is 0 Å². The zero-order chi connectivity index (χ0) is 21.0. The van der Waals surface area contributed by atoms with Crippen molar-refractivity contribution in [3.8, 4) is 16.3 Å². The van der Waals surface area contributed by atoms with Crippen LogP contribution in [0, 0.1) is 6.92 Å². The van der Waals surface area contributed by atoms with E-state index in [1.165, 1.54) is 16.2 Å². The molecule has 3 rings (SSSR count). The van der Waals surface area contributed by atoms with Crippen LogP contribution in [-0.4, -0.2) is 42.4 Å². The van der Waals surface area contributed by atoms with Crippen LogP contribution in [0.3, 0.4) is 0 Å². The molecule has 0 aliphatic heterocycles. The lowest BCUT2D eigenvalue weighted by atomic mass is 10.2. The number of hydrogen-bond acceptors (Lipinski definition) is 5. The molecule has 8 heteroatoms. The van der Waals surface area contributed by atoms with E-state index in [4.69, 9.17) is 16.3 Å². The first-order chi connectivity index (χ1) is 13.9. The van der Waals surface area contributed by atoms with Crippen molar-refractivity contribution >= 4 is 40.4 Å². The zero-order valence-corrected chi connectivity index (χ0v) is 17.8. The van der Waals surface area contributed by atoms with Crippen molar-refractivity contribution in [2.24, 2.45) is 0 Å². The Labute approximate surface area is 178 Å². The SMILES string of the molecule is COc1ccc(NC(=O)CN(C)C(=O)c2sc(-c3cccc(Cl)c3)nc2C)cc1. The van der Waals surface area contributed by atoms with Gasteiger partial charge in [0.1, 0.15) is 15.6 Å². The maximum Gasteiger partial charge on any atom is 0.266 e. The van der Waals surface area contributed by atoms with Crippen LogP contribution in [0.15, 0.2) is 48.5 Å². The van der Waals surface area contributed by atoms with Crippen LogP contribution in [0.1, 0.15) is 15.4 Å². The van der Waals surface area contributed by atoms with E-state index >= 15 is 0 Å². The van der Waals surface area contributed by atoms with Gasteiger partial charge in [-0.1, -0.05) is 23.7 Å². The van der Waals surface area contributed by atoms with E-state index in [0.29, 0.717) is 32.0 Å². The van der Waals surface area contributed by atoms with Crippen LogP contribution in [-0.2, 0) is 4.79 Å². The third kappa shape index (κ3) is 5.13. The quantitative estimate of drug-likeness (QED) is 0.626. The molecule has 0 spiro atoms. The number of carbonyl (C=O) groups is 2. The molecule has 0 radical (unpaired) electrons. The summed E-state index contributed by atoms with van der Waals surface area (Å²) in [6.45, 7) is 1.71. The van der Waals surface area contributed by atoms with Crippen molar-refractivity contribution < 1.29 is 14.3 Å². The molecule has 0 saturated heterocycles. The Morgan fingerprint density at radius 2 is 1.93 bits per heavy atom. The highest BCUT2D eigenvalue weighted by atomic mass is 35.5. The zero-order valence-electron chi connectivity index (χ0n) is 16.2. The van der Waals surface area contributed by atoms with Crippen LogP contribution in [0.5, 0.6) is 5.75 Å². The van der Waals surface area contributed by atoms with Gasteiger partial charge in [-0.15, -0.1) is 11.3 Å². The third-order valence-corrected chi connectivity index (χ3v) is 5.59. The molecule has 0 atom stereocenters. The molecule has 3 aromatic rings. The number of halogens is 1. The van der Waals surface area contributed by atoms with Crippen molar-refractivity contribution in [1.29, 1.82) is 0 Å². The number of nitrogens with one attached hydrogen (secondary N) is 1. The van der Waals surface area contributed by atoms with Gasteiger partial charge in [0.25, 0.3) is 5.91 Å². The Balaban J connectivity index is 1.67. The van der Waals surface area contributed by atoms with Gasteiger partial charge in [-0.25, -0.2) is 4.98 Å². The summed E-state index contributed by atoms with van der Waals surface area (Å²) in [4.78, 5) is 31.5. The van der Waals surface area contributed by atoms with Crippen molar-refractivity contribution in [2.75, 3.05) is 26.0 Å². The topological polar surface area (TPSA) is 71.5 Å². The summed E-state index contributed by atoms with van der Waals surface area (Å²) in [6, 6.07) is 14.3. The highest BCUT2D eigenvalue weighted by Gasteiger charge is 2.21. The Kier molecular flexibility index (Phi) is 6.51.